The van der Waals surface area contributed by atoms with Crippen LogP contribution in [0.15, 0.2) is 45.8 Å². The summed E-state index contributed by atoms with van der Waals surface area (Å²) in [7, 11) is 0. The van der Waals surface area contributed by atoms with Crippen molar-refractivity contribution in [2.24, 2.45) is 0 Å². The zero-order chi connectivity index (χ0) is 22.5. The average molecular weight is 545 g/mol. The third-order valence-electron chi connectivity index (χ3n) is 4.16. The first kappa shape index (κ1) is 23.7. The molecule has 10 heteroatoms. The maximum absolute atomic E-state index is 12.9. The summed E-state index contributed by atoms with van der Waals surface area (Å²) in [5.74, 6) is -0.604. The molecular weight excluding hydrogens is 529 g/mol. The molecule has 3 rings (SSSR count). The van der Waals surface area contributed by atoms with Crippen molar-refractivity contribution in [1.82, 2.24) is 4.90 Å². The fraction of sp³-hybridized carbons (Fsp3) is 0.190. The largest absolute Gasteiger partial charge is 0.481 e. The molecule has 2 aromatic rings. The van der Waals surface area contributed by atoms with E-state index >= 15 is 0 Å². The highest BCUT2D eigenvalue weighted by atomic mass is 79.9. The number of hydrogen-bond acceptors (Lipinski definition) is 6. The third-order valence-corrected chi connectivity index (χ3v) is 6.27. The molecule has 1 heterocycles. The first-order valence-electron chi connectivity index (χ1n) is 9.06. The van der Waals surface area contributed by atoms with Crippen molar-refractivity contribution in [1.29, 1.82) is 0 Å². The number of imide groups is 1. The Kier molecular flexibility index (Phi) is 8.05. The Balaban J connectivity index is 1.84. The molecule has 1 fully saturated rings. The van der Waals surface area contributed by atoms with Crippen LogP contribution in [0.4, 0.5) is 4.79 Å². The van der Waals surface area contributed by atoms with Crippen LogP contribution in [0.5, 0.6) is 5.75 Å². The summed E-state index contributed by atoms with van der Waals surface area (Å²) < 4.78 is 11.1. The van der Waals surface area contributed by atoms with Gasteiger partial charge in [-0.2, -0.15) is 0 Å². The number of halogens is 3. The van der Waals surface area contributed by atoms with E-state index in [1.54, 1.807) is 49.4 Å². The molecule has 0 aliphatic carbocycles. The van der Waals surface area contributed by atoms with Crippen molar-refractivity contribution in [3.05, 3.63) is 66.9 Å². The lowest BCUT2D eigenvalue weighted by Gasteiger charge is -2.14. The van der Waals surface area contributed by atoms with Gasteiger partial charge in [0.05, 0.1) is 18.1 Å². The number of esters is 1. The number of thioether (sulfide) groups is 1. The van der Waals surface area contributed by atoms with Crippen LogP contribution < -0.4 is 4.74 Å². The fourth-order valence-corrected chi connectivity index (χ4v) is 4.45. The molecule has 0 radical (unpaired) electrons. The van der Waals surface area contributed by atoms with E-state index in [0.717, 1.165) is 21.1 Å². The molecule has 2 aromatic carbocycles. The lowest BCUT2D eigenvalue weighted by atomic mass is 10.1. The molecule has 31 heavy (non-hydrogen) atoms. The minimum atomic E-state index is -0.506. The molecule has 0 unspecified atom stereocenters. The second-order valence-electron chi connectivity index (χ2n) is 6.24. The Morgan fingerprint density at radius 3 is 2.58 bits per heavy atom. The molecular formula is C21H16BrCl2NO5S. The predicted octanol–water partition coefficient (Wildman–Crippen LogP) is 5.93. The summed E-state index contributed by atoms with van der Waals surface area (Å²) in [6, 6.07) is 10.1. The molecule has 6 nitrogen and oxygen atoms in total. The Bertz CT molecular complexity index is 1060. The van der Waals surface area contributed by atoms with Gasteiger partial charge >= 0.3 is 5.97 Å². The van der Waals surface area contributed by atoms with Crippen molar-refractivity contribution in [2.45, 2.75) is 13.5 Å². The van der Waals surface area contributed by atoms with E-state index in [0.29, 0.717) is 26.9 Å². The van der Waals surface area contributed by atoms with Crippen molar-refractivity contribution in [3.8, 4) is 5.75 Å². The second-order valence-corrected chi connectivity index (χ2v) is 8.97. The molecule has 0 aromatic heterocycles. The SMILES string of the molecule is CCOC(=O)COc1ccc(Br)cc1/C=C1\SC(=O)N(Cc2c(Cl)cccc2Cl)C1=O. The molecule has 1 aliphatic heterocycles. The number of benzene rings is 2. The van der Waals surface area contributed by atoms with Crippen LogP contribution in [0, 0.1) is 0 Å². The van der Waals surface area contributed by atoms with Gasteiger partial charge in [-0.05, 0) is 55.1 Å². The Hall–Kier alpha value is -2.00. The normalized spacial score (nSPS) is 15.0. The molecule has 0 N–H and O–H groups in total. The maximum Gasteiger partial charge on any atom is 0.344 e. The first-order valence-corrected chi connectivity index (χ1v) is 11.4. The molecule has 0 saturated carbocycles. The van der Waals surface area contributed by atoms with E-state index in [4.69, 9.17) is 32.7 Å². The Morgan fingerprint density at radius 1 is 1.19 bits per heavy atom. The summed E-state index contributed by atoms with van der Waals surface area (Å²) >= 11 is 16.5. The van der Waals surface area contributed by atoms with E-state index in [9.17, 15) is 14.4 Å². The van der Waals surface area contributed by atoms with Gasteiger partial charge in [0.25, 0.3) is 11.1 Å². The highest BCUT2D eigenvalue weighted by Gasteiger charge is 2.36. The van der Waals surface area contributed by atoms with Crippen molar-refractivity contribution < 1.29 is 23.9 Å². The lowest BCUT2D eigenvalue weighted by Crippen LogP contribution is -2.27. The van der Waals surface area contributed by atoms with Gasteiger partial charge in [0, 0.05) is 25.6 Å². The molecule has 0 atom stereocenters. The summed E-state index contributed by atoms with van der Waals surface area (Å²) in [5.41, 5.74) is 1.02. The summed E-state index contributed by atoms with van der Waals surface area (Å²) in [4.78, 5) is 38.3. The van der Waals surface area contributed by atoms with Gasteiger partial charge in [0.1, 0.15) is 5.75 Å². The van der Waals surface area contributed by atoms with Crippen LogP contribution >= 0.6 is 50.9 Å². The number of rotatable bonds is 7. The fourth-order valence-electron chi connectivity index (χ4n) is 2.72. The average Bonchev–Trinajstić information content (AvgIpc) is 2.97. The highest BCUT2D eigenvalue weighted by molar-refractivity contribution is 9.10. The monoisotopic (exact) mass is 543 g/mol. The van der Waals surface area contributed by atoms with Gasteiger partial charge in [0.15, 0.2) is 6.61 Å². The number of carbonyl (C=O) groups excluding carboxylic acids is 3. The number of hydrogen-bond donors (Lipinski definition) is 0. The zero-order valence-corrected chi connectivity index (χ0v) is 20.1. The van der Waals surface area contributed by atoms with E-state index in [2.05, 4.69) is 15.9 Å². The molecule has 162 valence electrons. The second kappa shape index (κ2) is 10.5. The summed E-state index contributed by atoms with van der Waals surface area (Å²) in [6.07, 6.45) is 1.55. The van der Waals surface area contributed by atoms with Crippen LogP contribution in [0.3, 0.4) is 0 Å². The first-order chi connectivity index (χ1) is 14.8. The zero-order valence-electron chi connectivity index (χ0n) is 16.2. The Labute approximate surface area is 201 Å². The Morgan fingerprint density at radius 2 is 1.90 bits per heavy atom. The lowest BCUT2D eigenvalue weighted by molar-refractivity contribution is -0.145. The number of ether oxygens (including phenoxy) is 2. The van der Waals surface area contributed by atoms with E-state index < -0.39 is 17.1 Å². The van der Waals surface area contributed by atoms with Crippen molar-refractivity contribution in [3.63, 3.8) is 0 Å². The van der Waals surface area contributed by atoms with Crippen LogP contribution in [0.25, 0.3) is 6.08 Å². The smallest absolute Gasteiger partial charge is 0.344 e. The predicted molar refractivity (Wildman–Crippen MR) is 124 cm³/mol. The third kappa shape index (κ3) is 5.83. The van der Waals surface area contributed by atoms with Crippen LogP contribution in [0.1, 0.15) is 18.1 Å². The van der Waals surface area contributed by atoms with Crippen LogP contribution in [-0.2, 0) is 20.9 Å². The van der Waals surface area contributed by atoms with Gasteiger partial charge in [-0.3, -0.25) is 14.5 Å². The highest BCUT2D eigenvalue weighted by Crippen LogP contribution is 2.37. The number of nitrogens with zero attached hydrogens (tertiary/aromatic N) is 1. The van der Waals surface area contributed by atoms with Gasteiger partial charge in [0.2, 0.25) is 0 Å². The topological polar surface area (TPSA) is 72.9 Å². The van der Waals surface area contributed by atoms with Gasteiger partial charge in [-0.15, -0.1) is 0 Å². The van der Waals surface area contributed by atoms with Gasteiger partial charge in [-0.1, -0.05) is 45.2 Å². The van der Waals surface area contributed by atoms with E-state index in [1.165, 1.54) is 0 Å². The van der Waals surface area contributed by atoms with Crippen molar-refractivity contribution >= 4 is 74.1 Å². The minimum Gasteiger partial charge on any atom is -0.481 e. The van der Waals surface area contributed by atoms with Gasteiger partial charge in [-0.25, -0.2) is 4.79 Å². The van der Waals surface area contributed by atoms with E-state index in [-0.39, 0.29) is 24.7 Å². The molecule has 0 spiro atoms. The molecule has 2 amide bonds. The molecule has 1 aliphatic rings. The quantitative estimate of drug-likeness (QED) is 0.317. The van der Waals surface area contributed by atoms with Crippen molar-refractivity contribution in [2.75, 3.05) is 13.2 Å². The molecule has 0 bridgehead atoms. The van der Waals surface area contributed by atoms with E-state index in [1.807, 2.05) is 0 Å². The van der Waals surface area contributed by atoms with Gasteiger partial charge < -0.3 is 9.47 Å². The molecule has 1 saturated heterocycles. The van der Waals surface area contributed by atoms with Crippen LogP contribution in [-0.4, -0.2) is 35.2 Å². The summed E-state index contributed by atoms with van der Waals surface area (Å²) in [6.45, 7) is 1.64. The number of amides is 2. The minimum absolute atomic E-state index is 0.0365. The summed E-state index contributed by atoms with van der Waals surface area (Å²) in [5, 5.41) is 0.311. The van der Waals surface area contributed by atoms with Crippen LogP contribution in [0.2, 0.25) is 10.0 Å². The maximum atomic E-state index is 12.9. The standard InChI is InChI=1S/C21H16BrCl2NO5S/c1-2-29-19(26)11-30-17-7-6-13(22)8-12(17)9-18-20(27)25(21(28)31-18)10-14-15(23)4-3-5-16(14)24/h3-9H,2,10-11H2,1H3/b18-9-. The number of carbonyl (C=O) groups is 3.